The van der Waals surface area contributed by atoms with E-state index in [4.69, 9.17) is 16.1 Å². The zero-order chi connectivity index (χ0) is 13.5. The van der Waals surface area contributed by atoms with Crippen molar-refractivity contribution >= 4 is 17.5 Å². The summed E-state index contributed by atoms with van der Waals surface area (Å²) in [5.41, 5.74) is 2.01. The van der Waals surface area contributed by atoms with Gasteiger partial charge in [0.2, 0.25) is 5.91 Å². The molecule has 1 aromatic carbocycles. The van der Waals surface area contributed by atoms with Crippen LogP contribution in [-0.2, 0) is 17.6 Å². The van der Waals surface area contributed by atoms with Crippen molar-refractivity contribution in [3.63, 3.8) is 0 Å². The molecule has 0 bridgehead atoms. The minimum absolute atomic E-state index is 0.0210. The van der Waals surface area contributed by atoms with Crippen molar-refractivity contribution in [1.29, 1.82) is 0 Å². The fraction of sp³-hybridized carbons (Fsp3) is 0.286. The van der Waals surface area contributed by atoms with Crippen molar-refractivity contribution in [3.8, 4) is 0 Å². The quantitative estimate of drug-likeness (QED) is 0.827. The van der Waals surface area contributed by atoms with E-state index in [1.54, 1.807) is 24.6 Å². The van der Waals surface area contributed by atoms with E-state index in [-0.39, 0.29) is 5.91 Å². The van der Waals surface area contributed by atoms with Gasteiger partial charge < -0.3 is 9.84 Å². The van der Waals surface area contributed by atoms with Crippen LogP contribution in [0.15, 0.2) is 41.2 Å². The maximum atomic E-state index is 11.7. The highest BCUT2D eigenvalue weighted by atomic mass is 35.5. The van der Waals surface area contributed by atoms with Gasteiger partial charge >= 0.3 is 0 Å². The predicted molar refractivity (Wildman–Crippen MR) is 73.0 cm³/mol. The summed E-state index contributed by atoms with van der Waals surface area (Å²) in [5.74, 6) is 0.0210. The van der Waals surface area contributed by atoms with E-state index in [1.165, 1.54) is 0 Å². The van der Waals surface area contributed by atoms with Crippen LogP contribution in [0.5, 0.6) is 0 Å². The minimum atomic E-state index is 0.0210. The third-order valence-electron chi connectivity index (χ3n) is 2.73. The van der Waals surface area contributed by atoms with Crippen LogP contribution in [0.4, 0.5) is 0 Å². The van der Waals surface area contributed by atoms with E-state index < -0.39 is 0 Å². The molecule has 100 valence electrons. The monoisotopic (exact) mass is 278 g/mol. The number of carbonyl (C=O) groups excluding carboxylic acids is 1. The number of aromatic nitrogens is 1. The minimum Gasteiger partial charge on any atom is -0.364 e. The van der Waals surface area contributed by atoms with E-state index in [9.17, 15) is 4.79 Å². The van der Waals surface area contributed by atoms with Gasteiger partial charge in [-0.15, -0.1) is 0 Å². The highest BCUT2D eigenvalue weighted by Crippen LogP contribution is 2.09. The SMILES string of the molecule is O=C(Cc1ccc(Cl)cc1)NCCCc1cnoc1. The van der Waals surface area contributed by atoms with Gasteiger partial charge in [-0.25, -0.2) is 0 Å². The Morgan fingerprint density at radius 2 is 2.05 bits per heavy atom. The lowest BCUT2D eigenvalue weighted by Gasteiger charge is -2.04. The van der Waals surface area contributed by atoms with Gasteiger partial charge in [-0.05, 0) is 30.5 Å². The molecular weight excluding hydrogens is 264 g/mol. The Labute approximate surface area is 116 Å². The lowest BCUT2D eigenvalue weighted by atomic mass is 10.1. The van der Waals surface area contributed by atoms with Crippen LogP contribution in [0.1, 0.15) is 17.5 Å². The number of amides is 1. The van der Waals surface area contributed by atoms with E-state index in [2.05, 4.69) is 10.5 Å². The first-order valence-electron chi connectivity index (χ1n) is 6.13. The average molecular weight is 279 g/mol. The van der Waals surface area contributed by atoms with Gasteiger partial charge in [0.05, 0.1) is 12.6 Å². The number of hydrogen-bond donors (Lipinski definition) is 1. The molecule has 0 aliphatic carbocycles. The summed E-state index contributed by atoms with van der Waals surface area (Å²) in [6.07, 6.45) is 5.41. The standard InChI is InChI=1S/C14H15ClN2O2/c15-13-5-3-11(4-6-13)8-14(18)16-7-1-2-12-9-17-19-10-12/h3-6,9-10H,1-2,7-8H2,(H,16,18). The van der Waals surface area contributed by atoms with E-state index >= 15 is 0 Å². The summed E-state index contributed by atoms with van der Waals surface area (Å²) in [7, 11) is 0. The Morgan fingerprint density at radius 3 is 2.74 bits per heavy atom. The first kappa shape index (κ1) is 13.6. The smallest absolute Gasteiger partial charge is 0.224 e. The molecule has 1 heterocycles. The molecule has 1 amide bonds. The average Bonchev–Trinajstić information content (AvgIpc) is 2.91. The number of halogens is 1. The van der Waals surface area contributed by atoms with Gasteiger partial charge in [-0.2, -0.15) is 0 Å². The van der Waals surface area contributed by atoms with Crippen LogP contribution < -0.4 is 5.32 Å². The number of benzene rings is 1. The second-order valence-electron chi connectivity index (χ2n) is 4.29. The number of hydrogen-bond acceptors (Lipinski definition) is 3. The molecule has 0 saturated heterocycles. The molecule has 0 saturated carbocycles. The molecule has 19 heavy (non-hydrogen) atoms. The van der Waals surface area contributed by atoms with Gasteiger partial charge in [0.15, 0.2) is 0 Å². The van der Waals surface area contributed by atoms with E-state index in [1.807, 2.05) is 12.1 Å². The van der Waals surface area contributed by atoms with Crippen LogP contribution in [-0.4, -0.2) is 17.6 Å². The molecular formula is C14H15ClN2O2. The summed E-state index contributed by atoms with van der Waals surface area (Å²) < 4.78 is 4.73. The van der Waals surface area contributed by atoms with Crippen molar-refractivity contribution in [2.75, 3.05) is 6.54 Å². The van der Waals surface area contributed by atoms with Crippen molar-refractivity contribution < 1.29 is 9.32 Å². The molecule has 0 aliphatic rings. The van der Waals surface area contributed by atoms with Gasteiger partial charge in [0.1, 0.15) is 6.26 Å². The van der Waals surface area contributed by atoms with E-state index in [0.717, 1.165) is 24.0 Å². The van der Waals surface area contributed by atoms with Gasteiger partial charge in [-0.1, -0.05) is 28.9 Å². The molecule has 0 radical (unpaired) electrons. The Kier molecular flexibility index (Phi) is 4.98. The molecule has 1 aromatic heterocycles. The summed E-state index contributed by atoms with van der Waals surface area (Å²) in [6, 6.07) is 7.30. The molecule has 2 rings (SSSR count). The summed E-state index contributed by atoms with van der Waals surface area (Å²) in [5, 5.41) is 7.19. The number of aryl methyl sites for hydroxylation is 1. The zero-order valence-electron chi connectivity index (χ0n) is 10.4. The molecule has 5 heteroatoms. The van der Waals surface area contributed by atoms with Crippen LogP contribution in [0.3, 0.4) is 0 Å². The third kappa shape index (κ3) is 4.75. The van der Waals surface area contributed by atoms with Gasteiger partial charge in [0, 0.05) is 17.1 Å². The summed E-state index contributed by atoms with van der Waals surface area (Å²) in [6.45, 7) is 0.650. The normalized spacial score (nSPS) is 10.4. The highest BCUT2D eigenvalue weighted by Gasteiger charge is 2.03. The van der Waals surface area contributed by atoms with Gasteiger partial charge in [0.25, 0.3) is 0 Å². The van der Waals surface area contributed by atoms with Crippen molar-refractivity contribution in [3.05, 3.63) is 52.9 Å². The Hall–Kier alpha value is -1.81. The fourth-order valence-corrected chi connectivity index (χ4v) is 1.85. The van der Waals surface area contributed by atoms with Crippen molar-refractivity contribution in [2.45, 2.75) is 19.3 Å². The van der Waals surface area contributed by atoms with Crippen LogP contribution in [0, 0.1) is 0 Å². The molecule has 4 nitrogen and oxygen atoms in total. The van der Waals surface area contributed by atoms with Crippen molar-refractivity contribution in [1.82, 2.24) is 10.5 Å². The Morgan fingerprint density at radius 1 is 1.26 bits per heavy atom. The van der Waals surface area contributed by atoms with E-state index in [0.29, 0.717) is 18.0 Å². The number of nitrogens with one attached hydrogen (secondary N) is 1. The molecule has 0 unspecified atom stereocenters. The van der Waals surface area contributed by atoms with Crippen molar-refractivity contribution in [2.24, 2.45) is 0 Å². The summed E-state index contributed by atoms with van der Waals surface area (Å²) >= 11 is 5.79. The molecule has 0 aliphatic heterocycles. The molecule has 0 atom stereocenters. The molecule has 0 spiro atoms. The first-order chi connectivity index (χ1) is 9.24. The maximum Gasteiger partial charge on any atom is 0.224 e. The van der Waals surface area contributed by atoms with Gasteiger partial charge in [-0.3, -0.25) is 4.79 Å². The topological polar surface area (TPSA) is 55.1 Å². The second kappa shape index (κ2) is 6.95. The molecule has 0 fully saturated rings. The van der Waals surface area contributed by atoms with Crippen LogP contribution in [0.2, 0.25) is 5.02 Å². The fourth-order valence-electron chi connectivity index (χ4n) is 1.72. The predicted octanol–water partition coefficient (Wildman–Crippen LogP) is 2.62. The third-order valence-corrected chi connectivity index (χ3v) is 2.98. The lowest BCUT2D eigenvalue weighted by Crippen LogP contribution is -2.26. The number of rotatable bonds is 6. The molecule has 2 aromatic rings. The van der Waals surface area contributed by atoms with Crippen LogP contribution in [0.25, 0.3) is 0 Å². The summed E-state index contributed by atoms with van der Waals surface area (Å²) in [4.78, 5) is 11.7. The number of carbonyl (C=O) groups is 1. The first-order valence-corrected chi connectivity index (χ1v) is 6.51. The second-order valence-corrected chi connectivity index (χ2v) is 4.73. The number of nitrogens with zero attached hydrogens (tertiary/aromatic N) is 1. The highest BCUT2D eigenvalue weighted by molar-refractivity contribution is 6.30. The van der Waals surface area contributed by atoms with Crippen LogP contribution >= 0.6 is 11.6 Å². The lowest BCUT2D eigenvalue weighted by molar-refractivity contribution is -0.120. The zero-order valence-corrected chi connectivity index (χ0v) is 11.2. The Bertz CT molecular complexity index is 509. The maximum absolute atomic E-state index is 11.7. The Balaban J connectivity index is 1.65. The largest absolute Gasteiger partial charge is 0.364 e. The molecule has 1 N–H and O–H groups in total.